The molecule has 1 N–H and O–H groups in total. The zero-order chi connectivity index (χ0) is 13.1. The molecular formula is C13H14ClN3S. The predicted octanol–water partition coefficient (Wildman–Crippen LogP) is 3.57. The highest BCUT2D eigenvalue weighted by Crippen LogP contribution is 2.21. The zero-order valence-electron chi connectivity index (χ0n) is 10.3. The van der Waals surface area contributed by atoms with Gasteiger partial charge in [0.05, 0.1) is 10.6 Å². The molecule has 0 aliphatic heterocycles. The minimum Gasteiger partial charge on any atom is -0.380 e. The van der Waals surface area contributed by atoms with Gasteiger partial charge in [0.1, 0.15) is 0 Å². The van der Waals surface area contributed by atoms with Crippen molar-refractivity contribution in [3.63, 3.8) is 0 Å². The molecule has 2 rings (SSSR count). The third kappa shape index (κ3) is 2.71. The van der Waals surface area contributed by atoms with Crippen LogP contribution in [-0.4, -0.2) is 9.59 Å². The number of nitrogens with one attached hydrogen (secondary N) is 1. The van der Waals surface area contributed by atoms with Crippen LogP contribution in [0, 0.1) is 13.8 Å². The van der Waals surface area contributed by atoms with Gasteiger partial charge < -0.3 is 5.32 Å². The van der Waals surface area contributed by atoms with Crippen molar-refractivity contribution in [3.8, 4) is 0 Å². The molecule has 94 valence electrons. The van der Waals surface area contributed by atoms with Crippen LogP contribution in [0.1, 0.15) is 21.7 Å². The topological polar surface area (TPSA) is 37.8 Å². The van der Waals surface area contributed by atoms with E-state index in [4.69, 9.17) is 11.6 Å². The third-order valence-corrected chi connectivity index (χ3v) is 4.00. The molecule has 5 heteroatoms. The molecule has 0 spiro atoms. The molecule has 0 amide bonds. The Morgan fingerprint density at radius 1 is 1.44 bits per heavy atom. The molecule has 0 bridgehead atoms. The summed E-state index contributed by atoms with van der Waals surface area (Å²) in [4.78, 5) is 0.986. The van der Waals surface area contributed by atoms with Crippen LogP contribution >= 0.6 is 23.1 Å². The number of benzene rings is 1. The Hall–Kier alpha value is -1.39. The van der Waals surface area contributed by atoms with Crippen LogP contribution in [-0.2, 0) is 6.54 Å². The first-order valence-corrected chi connectivity index (χ1v) is 6.71. The second kappa shape index (κ2) is 5.50. The van der Waals surface area contributed by atoms with Gasteiger partial charge in [-0.15, -0.1) is 5.10 Å². The lowest BCUT2D eigenvalue weighted by Crippen LogP contribution is -2.12. The molecule has 1 heterocycles. The van der Waals surface area contributed by atoms with Gasteiger partial charge in [-0.3, -0.25) is 0 Å². The monoisotopic (exact) mass is 279 g/mol. The van der Waals surface area contributed by atoms with Crippen molar-refractivity contribution in [1.29, 1.82) is 0 Å². The fraction of sp³-hybridized carbons (Fsp3) is 0.231. The highest BCUT2D eigenvalue weighted by atomic mass is 35.5. The molecule has 0 saturated heterocycles. The number of nitrogens with zero attached hydrogens (tertiary/aromatic N) is 2. The lowest BCUT2D eigenvalue weighted by molar-refractivity contribution is 0.884. The van der Waals surface area contributed by atoms with E-state index in [9.17, 15) is 0 Å². The standard InChI is InChI=1S/C13H14ClN3S/c1-8-5-4-6-12(14)11(8)7-15-9(2)13-10(3)16-17-18-13/h4-6,15H,2,7H2,1,3H3. The van der Waals surface area contributed by atoms with E-state index in [0.29, 0.717) is 6.54 Å². The lowest BCUT2D eigenvalue weighted by Gasteiger charge is -2.11. The zero-order valence-corrected chi connectivity index (χ0v) is 11.9. The van der Waals surface area contributed by atoms with Crippen LogP contribution in [0.25, 0.3) is 5.70 Å². The van der Waals surface area contributed by atoms with Crippen molar-refractivity contribution >= 4 is 28.8 Å². The molecule has 0 atom stereocenters. The summed E-state index contributed by atoms with van der Waals surface area (Å²) >= 11 is 7.52. The molecule has 2 aromatic rings. The number of hydrogen-bond acceptors (Lipinski definition) is 4. The van der Waals surface area contributed by atoms with E-state index in [1.165, 1.54) is 17.1 Å². The van der Waals surface area contributed by atoms with Gasteiger partial charge in [-0.05, 0) is 42.6 Å². The fourth-order valence-corrected chi connectivity index (χ4v) is 2.56. The Labute approximate surface area is 116 Å². The summed E-state index contributed by atoms with van der Waals surface area (Å²) in [6.45, 7) is 8.63. The molecule has 1 aromatic heterocycles. The van der Waals surface area contributed by atoms with E-state index in [-0.39, 0.29) is 0 Å². The summed E-state index contributed by atoms with van der Waals surface area (Å²) in [6, 6.07) is 5.90. The van der Waals surface area contributed by atoms with Crippen molar-refractivity contribution < 1.29 is 0 Å². The van der Waals surface area contributed by atoms with E-state index >= 15 is 0 Å². The maximum absolute atomic E-state index is 6.18. The molecule has 1 aromatic carbocycles. The SMILES string of the molecule is C=C(NCc1c(C)cccc1Cl)c1snnc1C. The Balaban J connectivity index is 2.09. The van der Waals surface area contributed by atoms with E-state index in [1.54, 1.807) is 0 Å². The van der Waals surface area contributed by atoms with Crippen molar-refractivity contribution in [3.05, 3.63) is 51.5 Å². The second-order valence-electron chi connectivity index (χ2n) is 4.05. The predicted molar refractivity (Wildman–Crippen MR) is 76.7 cm³/mol. The summed E-state index contributed by atoms with van der Waals surface area (Å²) in [6.07, 6.45) is 0. The molecule has 0 unspecified atom stereocenters. The van der Waals surface area contributed by atoms with E-state index in [2.05, 4.69) is 21.5 Å². The maximum Gasteiger partial charge on any atom is 0.0935 e. The summed E-state index contributed by atoms with van der Waals surface area (Å²) in [7, 11) is 0. The number of aryl methyl sites for hydroxylation is 2. The largest absolute Gasteiger partial charge is 0.380 e. The van der Waals surface area contributed by atoms with Gasteiger partial charge in [-0.2, -0.15) is 0 Å². The molecule has 0 aliphatic carbocycles. The summed E-state index contributed by atoms with van der Waals surface area (Å²) in [5.74, 6) is 0. The molecule has 0 fully saturated rings. The summed E-state index contributed by atoms with van der Waals surface area (Å²) < 4.78 is 3.90. The van der Waals surface area contributed by atoms with Crippen LogP contribution in [0.4, 0.5) is 0 Å². The van der Waals surface area contributed by atoms with Gasteiger partial charge in [0.25, 0.3) is 0 Å². The maximum atomic E-state index is 6.18. The molecule has 18 heavy (non-hydrogen) atoms. The first kappa shape index (κ1) is 13.1. The van der Waals surface area contributed by atoms with Crippen molar-refractivity contribution in [1.82, 2.24) is 14.9 Å². The molecule has 0 saturated carbocycles. The Morgan fingerprint density at radius 3 is 2.83 bits per heavy atom. The van der Waals surface area contributed by atoms with Crippen LogP contribution in [0.15, 0.2) is 24.8 Å². The van der Waals surface area contributed by atoms with E-state index in [1.807, 2.05) is 32.0 Å². The van der Waals surface area contributed by atoms with Gasteiger partial charge in [0, 0.05) is 17.3 Å². The number of rotatable bonds is 4. The summed E-state index contributed by atoms with van der Waals surface area (Å²) in [5, 5.41) is 8.02. The van der Waals surface area contributed by atoms with Crippen molar-refractivity contribution in [2.45, 2.75) is 20.4 Å². The Morgan fingerprint density at radius 2 is 2.22 bits per heavy atom. The van der Waals surface area contributed by atoms with Crippen LogP contribution < -0.4 is 5.32 Å². The summed E-state index contributed by atoms with van der Waals surface area (Å²) in [5.41, 5.74) is 3.99. The second-order valence-corrected chi connectivity index (χ2v) is 5.22. The van der Waals surface area contributed by atoms with Gasteiger partial charge in [0.2, 0.25) is 0 Å². The van der Waals surface area contributed by atoms with Gasteiger partial charge in [0.15, 0.2) is 0 Å². The molecule has 0 radical (unpaired) electrons. The van der Waals surface area contributed by atoms with E-state index < -0.39 is 0 Å². The number of halogens is 1. The van der Waals surface area contributed by atoms with Crippen molar-refractivity contribution in [2.75, 3.05) is 0 Å². The minimum atomic E-state index is 0.654. The minimum absolute atomic E-state index is 0.654. The molecular weight excluding hydrogens is 266 g/mol. The smallest absolute Gasteiger partial charge is 0.0935 e. The van der Waals surface area contributed by atoms with Crippen LogP contribution in [0.5, 0.6) is 0 Å². The average Bonchev–Trinajstić information content (AvgIpc) is 2.74. The van der Waals surface area contributed by atoms with Gasteiger partial charge in [-0.25, -0.2) is 0 Å². The van der Waals surface area contributed by atoms with E-state index in [0.717, 1.165) is 26.9 Å². The van der Waals surface area contributed by atoms with Gasteiger partial charge in [-0.1, -0.05) is 34.8 Å². The molecule has 0 aliphatic rings. The lowest BCUT2D eigenvalue weighted by atomic mass is 10.1. The van der Waals surface area contributed by atoms with Crippen molar-refractivity contribution in [2.24, 2.45) is 0 Å². The third-order valence-electron chi connectivity index (χ3n) is 2.76. The Kier molecular flexibility index (Phi) is 3.99. The Bertz CT molecular complexity index is 557. The average molecular weight is 280 g/mol. The normalized spacial score (nSPS) is 10.4. The number of aromatic nitrogens is 2. The number of hydrogen-bond donors (Lipinski definition) is 1. The highest BCUT2D eigenvalue weighted by Gasteiger charge is 2.08. The first-order chi connectivity index (χ1) is 8.59. The van der Waals surface area contributed by atoms with Crippen LogP contribution in [0.2, 0.25) is 5.02 Å². The highest BCUT2D eigenvalue weighted by molar-refractivity contribution is 7.06. The molecule has 3 nitrogen and oxygen atoms in total. The fourth-order valence-electron chi connectivity index (χ4n) is 1.67. The van der Waals surface area contributed by atoms with Crippen LogP contribution in [0.3, 0.4) is 0 Å². The van der Waals surface area contributed by atoms with Gasteiger partial charge >= 0.3 is 0 Å². The first-order valence-electron chi connectivity index (χ1n) is 5.55. The quantitative estimate of drug-likeness (QED) is 0.930.